The van der Waals surface area contributed by atoms with Gasteiger partial charge < -0.3 is 19.7 Å². The summed E-state index contributed by atoms with van der Waals surface area (Å²) in [5, 5.41) is 3.48. The van der Waals surface area contributed by atoms with Crippen molar-refractivity contribution in [2.24, 2.45) is 0 Å². The zero-order valence-electron chi connectivity index (χ0n) is 19.3. The quantitative estimate of drug-likeness (QED) is 0.483. The number of allylic oxidation sites excluding steroid dienone is 1. The van der Waals surface area contributed by atoms with Gasteiger partial charge in [-0.2, -0.15) is 0 Å². The third-order valence-corrected chi connectivity index (χ3v) is 6.38. The summed E-state index contributed by atoms with van der Waals surface area (Å²) < 4.78 is 13.3. The summed E-state index contributed by atoms with van der Waals surface area (Å²) in [4.78, 5) is 16.5. The third-order valence-electron chi connectivity index (χ3n) is 6.38. The maximum atomic E-state index is 5.73. The lowest BCUT2D eigenvalue weighted by Gasteiger charge is -2.30. The average Bonchev–Trinajstić information content (AvgIpc) is 3.50. The molecule has 0 radical (unpaired) electrons. The van der Waals surface area contributed by atoms with Gasteiger partial charge in [0.2, 0.25) is 0 Å². The highest BCUT2D eigenvalue weighted by atomic mass is 16.5. The number of fused-ring (bicyclic) bond motifs is 2. The molecule has 3 aromatic heterocycles. The summed E-state index contributed by atoms with van der Waals surface area (Å²) in [7, 11) is 1.70. The second kappa shape index (κ2) is 8.46. The number of anilines is 3. The maximum Gasteiger partial charge on any atom is 0.180 e. The van der Waals surface area contributed by atoms with Crippen molar-refractivity contribution in [1.82, 2.24) is 19.4 Å². The number of methoxy groups -OCH3 is 1. The Morgan fingerprint density at radius 3 is 2.82 bits per heavy atom. The van der Waals surface area contributed by atoms with Crippen LogP contribution < -0.4 is 15.0 Å². The maximum absolute atomic E-state index is 5.73. The number of nitrogens with one attached hydrogen (secondary N) is 1. The van der Waals surface area contributed by atoms with E-state index in [4.69, 9.17) is 14.5 Å². The highest BCUT2D eigenvalue weighted by molar-refractivity contribution is 5.76. The number of aromatic nitrogens is 4. The molecule has 0 bridgehead atoms. The Kier molecular flexibility index (Phi) is 5.15. The number of benzene rings is 1. The van der Waals surface area contributed by atoms with E-state index < -0.39 is 0 Å². The molecule has 6 rings (SSSR count). The second-order valence-electron chi connectivity index (χ2n) is 8.55. The van der Waals surface area contributed by atoms with Crippen LogP contribution in [0.3, 0.4) is 0 Å². The van der Waals surface area contributed by atoms with E-state index in [1.807, 2.05) is 31.6 Å². The molecule has 4 aromatic rings. The van der Waals surface area contributed by atoms with Gasteiger partial charge in [0.25, 0.3) is 0 Å². The Morgan fingerprint density at radius 1 is 1.09 bits per heavy atom. The topological polar surface area (TPSA) is 76.8 Å². The van der Waals surface area contributed by atoms with Crippen molar-refractivity contribution >= 4 is 28.9 Å². The fraction of sp³-hybridized carbons (Fsp3) is 0.269. The van der Waals surface area contributed by atoms with Crippen molar-refractivity contribution in [2.45, 2.75) is 13.3 Å². The molecular weight excluding hydrogens is 428 g/mol. The summed E-state index contributed by atoms with van der Waals surface area (Å²) in [5.41, 5.74) is 7.85. The molecule has 1 N–H and O–H groups in total. The van der Waals surface area contributed by atoms with Crippen molar-refractivity contribution in [3.63, 3.8) is 0 Å². The van der Waals surface area contributed by atoms with Crippen LogP contribution in [0, 0.1) is 6.92 Å². The standard InChI is InChI=1S/C26H26N6O2/c1-17-14-28-26-25(29-20-6-7-23(24(13-20)33-2)31-8-10-34-11-9-31)30-22(16-32(17)26)19-12-18-4-3-5-21(18)27-15-19/h3,5-7,12-16H,4,8-11H2,1-2H3,(H,29,30). The van der Waals surface area contributed by atoms with Crippen LogP contribution in [0.5, 0.6) is 5.75 Å². The van der Waals surface area contributed by atoms with Gasteiger partial charge in [0, 0.05) is 54.7 Å². The summed E-state index contributed by atoms with van der Waals surface area (Å²) in [6, 6.07) is 8.32. The molecule has 0 atom stereocenters. The lowest BCUT2D eigenvalue weighted by atomic mass is 10.1. The van der Waals surface area contributed by atoms with E-state index in [1.54, 1.807) is 7.11 Å². The molecular formula is C26H26N6O2. The number of nitrogens with zero attached hydrogens (tertiary/aromatic N) is 5. The van der Waals surface area contributed by atoms with Gasteiger partial charge in [0.15, 0.2) is 11.5 Å². The predicted molar refractivity (Wildman–Crippen MR) is 133 cm³/mol. The summed E-state index contributed by atoms with van der Waals surface area (Å²) in [6.45, 7) is 5.20. The molecule has 1 aliphatic carbocycles. The van der Waals surface area contributed by atoms with Gasteiger partial charge in [0.05, 0.1) is 37.4 Å². The predicted octanol–water partition coefficient (Wildman–Crippen LogP) is 4.26. The van der Waals surface area contributed by atoms with Crippen LogP contribution >= 0.6 is 0 Å². The fourth-order valence-corrected chi connectivity index (χ4v) is 4.56. The molecule has 34 heavy (non-hydrogen) atoms. The van der Waals surface area contributed by atoms with E-state index in [-0.39, 0.29) is 0 Å². The Balaban J connectivity index is 1.38. The lowest BCUT2D eigenvalue weighted by molar-refractivity contribution is 0.122. The van der Waals surface area contributed by atoms with E-state index in [1.165, 1.54) is 5.56 Å². The third kappa shape index (κ3) is 3.66. The molecule has 0 unspecified atom stereocenters. The highest BCUT2D eigenvalue weighted by Crippen LogP contribution is 2.34. The number of imidazole rings is 1. The second-order valence-corrected chi connectivity index (χ2v) is 8.55. The van der Waals surface area contributed by atoms with Crippen LogP contribution in [0.4, 0.5) is 17.2 Å². The average molecular weight is 455 g/mol. The number of hydrogen-bond acceptors (Lipinski definition) is 7. The van der Waals surface area contributed by atoms with Gasteiger partial charge in [-0.15, -0.1) is 0 Å². The monoisotopic (exact) mass is 454 g/mol. The lowest BCUT2D eigenvalue weighted by Crippen LogP contribution is -2.36. The zero-order chi connectivity index (χ0) is 23.1. The summed E-state index contributed by atoms with van der Waals surface area (Å²) in [5.74, 6) is 1.50. The van der Waals surface area contributed by atoms with E-state index in [0.29, 0.717) is 5.82 Å². The molecule has 8 heteroatoms. The van der Waals surface area contributed by atoms with Crippen molar-refractivity contribution in [3.05, 3.63) is 65.9 Å². The Labute approximate surface area is 197 Å². The van der Waals surface area contributed by atoms with Gasteiger partial charge in [-0.25, -0.2) is 9.97 Å². The van der Waals surface area contributed by atoms with Crippen LogP contribution in [0.2, 0.25) is 0 Å². The van der Waals surface area contributed by atoms with Crippen LogP contribution in [0.15, 0.2) is 48.9 Å². The molecule has 1 aromatic carbocycles. The van der Waals surface area contributed by atoms with E-state index in [9.17, 15) is 0 Å². The molecule has 172 valence electrons. The first-order valence-corrected chi connectivity index (χ1v) is 11.5. The summed E-state index contributed by atoms with van der Waals surface area (Å²) >= 11 is 0. The number of rotatable bonds is 5. The minimum Gasteiger partial charge on any atom is -0.495 e. The SMILES string of the molecule is COc1cc(Nc2nc(-c3cnc4c(c3)CC=C4)cn3c(C)cnc23)ccc1N1CCOCC1. The fourth-order valence-electron chi connectivity index (χ4n) is 4.56. The van der Waals surface area contributed by atoms with Crippen LogP contribution in [-0.2, 0) is 11.2 Å². The van der Waals surface area contributed by atoms with Crippen molar-refractivity contribution in [2.75, 3.05) is 43.6 Å². The smallest absolute Gasteiger partial charge is 0.180 e. The van der Waals surface area contributed by atoms with Crippen LogP contribution in [0.1, 0.15) is 17.0 Å². The van der Waals surface area contributed by atoms with E-state index >= 15 is 0 Å². The molecule has 1 aliphatic heterocycles. The minimum absolute atomic E-state index is 0.686. The van der Waals surface area contributed by atoms with Crippen LogP contribution in [0.25, 0.3) is 23.0 Å². The summed E-state index contributed by atoms with van der Waals surface area (Å²) in [6.07, 6.45) is 10.9. The first-order chi connectivity index (χ1) is 16.7. The largest absolute Gasteiger partial charge is 0.495 e. The molecule has 1 fully saturated rings. The van der Waals surface area contributed by atoms with Crippen LogP contribution in [-0.4, -0.2) is 52.8 Å². The van der Waals surface area contributed by atoms with Gasteiger partial charge in [0.1, 0.15) is 5.75 Å². The van der Waals surface area contributed by atoms with Crippen molar-refractivity contribution in [3.8, 4) is 17.0 Å². The number of aryl methyl sites for hydroxylation is 1. The normalized spacial score (nSPS) is 15.1. The number of ether oxygens (including phenoxy) is 2. The molecule has 4 heterocycles. The molecule has 0 saturated carbocycles. The van der Waals surface area contributed by atoms with Gasteiger partial charge in [-0.3, -0.25) is 9.38 Å². The minimum atomic E-state index is 0.686. The van der Waals surface area contributed by atoms with Gasteiger partial charge in [-0.1, -0.05) is 6.08 Å². The first-order valence-electron chi connectivity index (χ1n) is 11.5. The Morgan fingerprint density at radius 2 is 1.97 bits per heavy atom. The molecule has 2 aliphatic rings. The number of morpholine rings is 1. The number of hydrogen-bond donors (Lipinski definition) is 1. The van der Waals surface area contributed by atoms with Gasteiger partial charge >= 0.3 is 0 Å². The Bertz CT molecular complexity index is 1400. The molecule has 0 spiro atoms. The number of pyridine rings is 1. The Hall–Kier alpha value is -3.91. The van der Waals surface area contributed by atoms with Crippen molar-refractivity contribution in [1.29, 1.82) is 0 Å². The van der Waals surface area contributed by atoms with Gasteiger partial charge in [-0.05, 0) is 43.2 Å². The van der Waals surface area contributed by atoms with E-state index in [0.717, 1.165) is 78.1 Å². The van der Waals surface area contributed by atoms with E-state index in [2.05, 4.69) is 54.9 Å². The first kappa shape index (κ1) is 20.7. The molecule has 8 nitrogen and oxygen atoms in total. The highest BCUT2D eigenvalue weighted by Gasteiger charge is 2.18. The molecule has 0 amide bonds. The zero-order valence-corrected chi connectivity index (χ0v) is 19.3. The molecule has 1 saturated heterocycles. The van der Waals surface area contributed by atoms with Crippen molar-refractivity contribution < 1.29 is 9.47 Å².